The zero-order valence-electron chi connectivity index (χ0n) is 11.7. The Morgan fingerprint density at radius 2 is 1.90 bits per heavy atom. The summed E-state index contributed by atoms with van der Waals surface area (Å²) in [4.78, 5) is 0. The van der Waals surface area contributed by atoms with Crippen molar-refractivity contribution in [2.75, 3.05) is 0 Å². The molecule has 0 bridgehead atoms. The molecule has 20 heavy (non-hydrogen) atoms. The number of halogens is 2. The third-order valence-electron chi connectivity index (χ3n) is 3.48. The number of hydrogen-bond donors (Lipinski definition) is 1. The molecule has 0 spiro atoms. The Balaban J connectivity index is 2.16. The molecule has 106 valence electrons. The van der Waals surface area contributed by atoms with Crippen LogP contribution in [0.3, 0.4) is 0 Å². The Morgan fingerprint density at radius 3 is 2.55 bits per heavy atom. The van der Waals surface area contributed by atoms with E-state index in [1.165, 1.54) is 11.6 Å². The summed E-state index contributed by atoms with van der Waals surface area (Å²) in [7, 11) is 0. The second kappa shape index (κ2) is 7.00. The molecule has 0 aliphatic rings. The van der Waals surface area contributed by atoms with Crippen molar-refractivity contribution < 1.29 is 4.39 Å². The third kappa shape index (κ3) is 3.68. The molecule has 0 aliphatic heterocycles. The lowest BCUT2D eigenvalue weighted by Gasteiger charge is -2.23. The van der Waals surface area contributed by atoms with Gasteiger partial charge in [-0.2, -0.15) is 0 Å². The maximum absolute atomic E-state index is 13.8. The summed E-state index contributed by atoms with van der Waals surface area (Å²) in [5.41, 5.74) is 1.92. The highest BCUT2D eigenvalue weighted by Crippen LogP contribution is 2.25. The van der Waals surface area contributed by atoms with E-state index >= 15 is 0 Å². The van der Waals surface area contributed by atoms with Gasteiger partial charge in [0, 0.05) is 22.1 Å². The van der Waals surface area contributed by atoms with Gasteiger partial charge in [-0.05, 0) is 37.1 Å². The van der Waals surface area contributed by atoms with Crippen molar-refractivity contribution in [2.45, 2.75) is 32.4 Å². The first-order valence-electron chi connectivity index (χ1n) is 6.87. The molecule has 0 fully saturated rings. The van der Waals surface area contributed by atoms with Crippen molar-refractivity contribution in [3.63, 3.8) is 0 Å². The molecule has 1 nitrogen and oxygen atoms in total. The molecule has 0 saturated heterocycles. The van der Waals surface area contributed by atoms with Crippen molar-refractivity contribution in [3.8, 4) is 0 Å². The molecule has 0 aliphatic carbocycles. The fourth-order valence-corrected chi connectivity index (χ4v) is 2.81. The number of nitrogens with one attached hydrogen (secondary N) is 1. The largest absolute Gasteiger partial charge is 0.303 e. The molecule has 3 heteroatoms. The minimum atomic E-state index is -0.156. The van der Waals surface area contributed by atoms with E-state index in [9.17, 15) is 4.39 Å². The first-order chi connectivity index (χ1) is 9.61. The van der Waals surface area contributed by atoms with E-state index < -0.39 is 0 Å². The molecule has 0 aromatic heterocycles. The lowest BCUT2D eigenvalue weighted by Crippen LogP contribution is -2.24. The van der Waals surface area contributed by atoms with Crippen LogP contribution in [0.2, 0.25) is 0 Å². The smallest absolute Gasteiger partial charge is 0.127 e. The second-order valence-corrected chi connectivity index (χ2v) is 5.84. The van der Waals surface area contributed by atoms with Gasteiger partial charge in [-0.3, -0.25) is 0 Å². The summed E-state index contributed by atoms with van der Waals surface area (Å²) in [5, 5.41) is 3.51. The third-order valence-corrected chi connectivity index (χ3v) is 3.98. The summed E-state index contributed by atoms with van der Waals surface area (Å²) in [6.45, 7) is 4.13. The summed E-state index contributed by atoms with van der Waals surface area (Å²) in [6, 6.07) is 15.4. The number of hydrogen-bond acceptors (Lipinski definition) is 1. The van der Waals surface area contributed by atoms with Crippen molar-refractivity contribution in [2.24, 2.45) is 0 Å². The first kappa shape index (κ1) is 15.2. The number of benzene rings is 2. The van der Waals surface area contributed by atoms with Crippen LogP contribution in [0.1, 0.15) is 43.5 Å². The molecule has 2 unspecified atom stereocenters. The van der Waals surface area contributed by atoms with E-state index in [0.717, 1.165) is 10.9 Å². The molecular formula is C17H19BrFN. The van der Waals surface area contributed by atoms with Crippen LogP contribution in [-0.4, -0.2) is 0 Å². The van der Waals surface area contributed by atoms with Crippen molar-refractivity contribution in [1.82, 2.24) is 5.32 Å². The van der Waals surface area contributed by atoms with Crippen molar-refractivity contribution >= 4 is 15.9 Å². The Bertz CT molecular complexity index is 570. The molecule has 0 radical (unpaired) electrons. The van der Waals surface area contributed by atoms with Crippen LogP contribution in [0.25, 0.3) is 0 Å². The fraction of sp³-hybridized carbons (Fsp3) is 0.294. The van der Waals surface area contributed by atoms with Gasteiger partial charge in [-0.25, -0.2) is 4.39 Å². The van der Waals surface area contributed by atoms with Gasteiger partial charge in [0.2, 0.25) is 0 Å². The zero-order chi connectivity index (χ0) is 14.5. The Labute approximate surface area is 128 Å². The molecule has 1 N–H and O–H groups in total. The van der Waals surface area contributed by atoms with Gasteiger partial charge in [0.25, 0.3) is 0 Å². The molecular weight excluding hydrogens is 317 g/mol. The fourth-order valence-electron chi connectivity index (χ4n) is 2.39. The van der Waals surface area contributed by atoms with Crippen LogP contribution in [0.4, 0.5) is 4.39 Å². The molecule has 2 atom stereocenters. The van der Waals surface area contributed by atoms with Gasteiger partial charge in [0.05, 0.1) is 0 Å². The van der Waals surface area contributed by atoms with E-state index in [-0.39, 0.29) is 17.9 Å². The minimum absolute atomic E-state index is 0.0277. The first-order valence-corrected chi connectivity index (χ1v) is 7.67. The topological polar surface area (TPSA) is 12.0 Å². The monoisotopic (exact) mass is 335 g/mol. The van der Waals surface area contributed by atoms with E-state index in [4.69, 9.17) is 0 Å². The normalized spacial score (nSPS) is 14.0. The van der Waals surface area contributed by atoms with Gasteiger partial charge < -0.3 is 5.32 Å². The van der Waals surface area contributed by atoms with Crippen LogP contribution in [0.15, 0.2) is 53.0 Å². The lowest BCUT2D eigenvalue weighted by atomic mass is 10.0. The average Bonchev–Trinajstić information content (AvgIpc) is 2.45. The Kier molecular flexibility index (Phi) is 5.32. The maximum Gasteiger partial charge on any atom is 0.127 e. The van der Waals surface area contributed by atoms with Crippen molar-refractivity contribution in [1.29, 1.82) is 0 Å². The molecule has 2 rings (SSSR count). The van der Waals surface area contributed by atoms with Crippen LogP contribution >= 0.6 is 15.9 Å². The lowest BCUT2D eigenvalue weighted by molar-refractivity contribution is 0.442. The highest BCUT2D eigenvalue weighted by atomic mass is 79.9. The molecule has 0 saturated carbocycles. The van der Waals surface area contributed by atoms with E-state index in [1.54, 1.807) is 6.07 Å². The van der Waals surface area contributed by atoms with Gasteiger partial charge in [0.1, 0.15) is 5.82 Å². The quantitative estimate of drug-likeness (QED) is 0.772. The highest BCUT2D eigenvalue weighted by Gasteiger charge is 2.16. The second-order valence-electron chi connectivity index (χ2n) is 4.93. The van der Waals surface area contributed by atoms with Gasteiger partial charge >= 0.3 is 0 Å². The Morgan fingerprint density at radius 1 is 1.15 bits per heavy atom. The molecule has 2 aromatic rings. The summed E-state index contributed by atoms with van der Waals surface area (Å²) < 4.78 is 14.9. The predicted octanol–water partition coefficient (Wildman–Crippen LogP) is 5.39. The molecule has 0 heterocycles. The van der Waals surface area contributed by atoms with Crippen LogP contribution in [0, 0.1) is 5.82 Å². The zero-order valence-corrected chi connectivity index (χ0v) is 13.3. The standard InChI is InChI=1S/C17H19BrFN/c1-3-17(13-7-6-8-14(18)11-13)20-12(2)15-9-4-5-10-16(15)19/h4-12,17,20H,3H2,1-2H3. The molecule has 2 aromatic carbocycles. The Hall–Kier alpha value is -1.19. The van der Waals surface area contributed by atoms with E-state index in [1.807, 2.05) is 31.2 Å². The van der Waals surface area contributed by atoms with E-state index in [2.05, 4.69) is 40.3 Å². The van der Waals surface area contributed by atoms with Crippen LogP contribution < -0.4 is 5.32 Å². The SMILES string of the molecule is CCC(NC(C)c1ccccc1F)c1cccc(Br)c1. The van der Waals surface area contributed by atoms with E-state index in [0.29, 0.717) is 5.56 Å². The summed E-state index contributed by atoms with van der Waals surface area (Å²) in [6.07, 6.45) is 0.954. The summed E-state index contributed by atoms with van der Waals surface area (Å²) >= 11 is 3.49. The van der Waals surface area contributed by atoms with Crippen molar-refractivity contribution in [3.05, 3.63) is 69.9 Å². The molecule has 0 amide bonds. The average molecular weight is 336 g/mol. The minimum Gasteiger partial charge on any atom is -0.303 e. The number of rotatable bonds is 5. The van der Waals surface area contributed by atoms with Gasteiger partial charge in [-0.1, -0.05) is 53.2 Å². The predicted molar refractivity (Wildman–Crippen MR) is 85.1 cm³/mol. The maximum atomic E-state index is 13.8. The van der Waals surface area contributed by atoms with Gasteiger partial charge in [0.15, 0.2) is 0 Å². The van der Waals surface area contributed by atoms with Gasteiger partial charge in [-0.15, -0.1) is 0 Å². The van der Waals surface area contributed by atoms with Crippen LogP contribution in [-0.2, 0) is 0 Å². The highest BCUT2D eigenvalue weighted by molar-refractivity contribution is 9.10. The van der Waals surface area contributed by atoms with Crippen LogP contribution in [0.5, 0.6) is 0 Å². The summed E-state index contributed by atoms with van der Waals surface area (Å²) in [5.74, 6) is -0.156.